The van der Waals surface area contributed by atoms with Gasteiger partial charge in [0.2, 0.25) is 0 Å². The van der Waals surface area contributed by atoms with Gasteiger partial charge in [-0.15, -0.1) is 11.3 Å². The number of rotatable bonds is 4. The number of nitrogens with two attached hydrogens (primary N) is 1. The van der Waals surface area contributed by atoms with Crippen molar-refractivity contribution in [3.63, 3.8) is 0 Å². The molecule has 2 aromatic rings. The standard InChI is InChI=1S/C11H12N4O2S/c1-6(17)7(2-12)11-13-4-10(18-11)8-3-14-15-9(8)5-16/h2-4,16H,5,12H2,1H3,(H,14,15). The van der Waals surface area contributed by atoms with Crippen LogP contribution in [0.1, 0.15) is 17.6 Å². The number of aliphatic hydroxyl groups excluding tert-OH is 1. The largest absolute Gasteiger partial charge is 0.404 e. The molecule has 2 heterocycles. The van der Waals surface area contributed by atoms with Gasteiger partial charge in [0.25, 0.3) is 0 Å². The summed E-state index contributed by atoms with van der Waals surface area (Å²) in [5.41, 5.74) is 7.20. The molecule has 0 aliphatic heterocycles. The van der Waals surface area contributed by atoms with Crippen LogP contribution in [0.25, 0.3) is 16.0 Å². The van der Waals surface area contributed by atoms with E-state index in [2.05, 4.69) is 15.2 Å². The number of aromatic amines is 1. The van der Waals surface area contributed by atoms with Crippen molar-refractivity contribution in [1.82, 2.24) is 15.2 Å². The van der Waals surface area contributed by atoms with Gasteiger partial charge in [0, 0.05) is 18.0 Å². The molecule has 4 N–H and O–H groups in total. The Morgan fingerprint density at radius 3 is 3.00 bits per heavy atom. The summed E-state index contributed by atoms with van der Waals surface area (Å²) in [5, 5.41) is 16.3. The van der Waals surface area contributed by atoms with Crippen molar-refractivity contribution >= 4 is 22.7 Å². The Morgan fingerprint density at radius 2 is 2.39 bits per heavy atom. The first-order valence-corrected chi connectivity index (χ1v) is 6.01. The van der Waals surface area contributed by atoms with E-state index in [4.69, 9.17) is 10.8 Å². The molecule has 0 aromatic carbocycles. The third-order valence-electron chi connectivity index (χ3n) is 2.42. The molecule has 2 rings (SSSR count). The number of aliphatic hydroxyl groups is 1. The number of Topliss-reactive ketones (excluding diaryl/α,β-unsaturated/α-hetero) is 1. The van der Waals surface area contributed by atoms with Gasteiger partial charge in [-0.25, -0.2) is 4.98 Å². The number of nitrogens with one attached hydrogen (secondary N) is 1. The summed E-state index contributed by atoms with van der Waals surface area (Å²) >= 11 is 1.33. The van der Waals surface area contributed by atoms with E-state index in [1.807, 2.05) is 0 Å². The summed E-state index contributed by atoms with van der Waals surface area (Å²) in [5.74, 6) is -0.132. The fourth-order valence-electron chi connectivity index (χ4n) is 1.51. The summed E-state index contributed by atoms with van der Waals surface area (Å²) in [4.78, 5) is 16.3. The molecule has 2 aromatic heterocycles. The molecule has 0 radical (unpaired) electrons. The molecule has 0 saturated carbocycles. The van der Waals surface area contributed by atoms with Gasteiger partial charge in [0.1, 0.15) is 5.01 Å². The zero-order valence-electron chi connectivity index (χ0n) is 9.67. The molecule has 0 fully saturated rings. The topological polar surface area (TPSA) is 105 Å². The second kappa shape index (κ2) is 5.11. The minimum atomic E-state index is -0.132. The Morgan fingerprint density at radius 1 is 1.61 bits per heavy atom. The monoisotopic (exact) mass is 264 g/mol. The SMILES string of the molecule is CC(=O)C(=CN)c1ncc(-c2cn[nH]c2CO)s1. The number of aromatic nitrogens is 3. The number of nitrogens with zero attached hydrogens (tertiary/aromatic N) is 2. The van der Waals surface area contributed by atoms with Crippen molar-refractivity contribution in [2.24, 2.45) is 5.73 Å². The van der Waals surface area contributed by atoms with Gasteiger partial charge in [-0.3, -0.25) is 9.89 Å². The van der Waals surface area contributed by atoms with Crippen LogP contribution in [0.3, 0.4) is 0 Å². The lowest BCUT2D eigenvalue weighted by atomic mass is 10.2. The van der Waals surface area contributed by atoms with Crippen LogP contribution in [0.15, 0.2) is 18.6 Å². The molecule has 0 atom stereocenters. The third kappa shape index (κ3) is 2.18. The van der Waals surface area contributed by atoms with Crippen molar-refractivity contribution < 1.29 is 9.90 Å². The first kappa shape index (κ1) is 12.5. The molecule has 94 valence electrons. The number of thiazole rings is 1. The van der Waals surface area contributed by atoms with Gasteiger partial charge in [-0.2, -0.15) is 5.10 Å². The number of H-pyrrole nitrogens is 1. The van der Waals surface area contributed by atoms with Crippen LogP contribution in [-0.2, 0) is 11.4 Å². The minimum absolute atomic E-state index is 0.130. The van der Waals surface area contributed by atoms with E-state index >= 15 is 0 Å². The van der Waals surface area contributed by atoms with Crippen molar-refractivity contribution in [1.29, 1.82) is 0 Å². The summed E-state index contributed by atoms with van der Waals surface area (Å²) in [7, 11) is 0. The summed E-state index contributed by atoms with van der Waals surface area (Å²) in [6, 6.07) is 0. The summed E-state index contributed by atoms with van der Waals surface area (Å²) in [6.45, 7) is 1.31. The van der Waals surface area contributed by atoms with Gasteiger partial charge in [-0.1, -0.05) is 0 Å². The molecule has 0 saturated heterocycles. The lowest BCUT2D eigenvalue weighted by molar-refractivity contribution is -0.111. The highest BCUT2D eigenvalue weighted by Gasteiger charge is 2.14. The molecule has 0 unspecified atom stereocenters. The molecule has 6 nitrogen and oxygen atoms in total. The van der Waals surface area contributed by atoms with Gasteiger partial charge in [0.15, 0.2) is 5.78 Å². The maximum atomic E-state index is 11.4. The van der Waals surface area contributed by atoms with Crippen molar-refractivity contribution in [3.8, 4) is 10.4 Å². The number of allylic oxidation sites excluding steroid dienone is 1. The highest BCUT2D eigenvalue weighted by molar-refractivity contribution is 7.16. The van der Waals surface area contributed by atoms with Crippen LogP contribution in [-0.4, -0.2) is 26.1 Å². The van der Waals surface area contributed by atoms with E-state index in [0.717, 1.165) is 10.4 Å². The van der Waals surface area contributed by atoms with E-state index in [0.29, 0.717) is 16.3 Å². The predicted octanol–water partition coefficient (Wildman–Crippen LogP) is 0.914. The highest BCUT2D eigenvalue weighted by Crippen LogP contribution is 2.31. The Kier molecular flexibility index (Phi) is 3.54. The average molecular weight is 264 g/mol. The van der Waals surface area contributed by atoms with E-state index in [1.165, 1.54) is 24.5 Å². The maximum Gasteiger partial charge on any atom is 0.164 e. The lowest BCUT2D eigenvalue weighted by Crippen LogP contribution is -1.98. The Labute approximate surface area is 107 Å². The average Bonchev–Trinajstić information content (AvgIpc) is 2.96. The molecule has 18 heavy (non-hydrogen) atoms. The van der Waals surface area contributed by atoms with E-state index in [9.17, 15) is 4.79 Å². The van der Waals surface area contributed by atoms with Crippen LogP contribution < -0.4 is 5.73 Å². The summed E-state index contributed by atoms with van der Waals surface area (Å²) in [6.07, 6.45) is 4.51. The van der Waals surface area contributed by atoms with Gasteiger partial charge in [0.05, 0.1) is 28.9 Å². The van der Waals surface area contributed by atoms with Crippen LogP contribution in [0, 0.1) is 0 Å². The first-order chi connectivity index (χ1) is 8.67. The van der Waals surface area contributed by atoms with Gasteiger partial charge >= 0.3 is 0 Å². The van der Waals surface area contributed by atoms with Crippen LogP contribution in [0.4, 0.5) is 0 Å². The maximum absolute atomic E-state index is 11.4. The fraction of sp³-hybridized carbons (Fsp3) is 0.182. The second-order valence-electron chi connectivity index (χ2n) is 3.59. The minimum Gasteiger partial charge on any atom is -0.404 e. The molecule has 7 heteroatoms. The van der Waals surface area contributed by atoms with Gasteiger partial charge in [-0.05, 0) is 6.92 Å². The van der Waals surface area contributed by atoms with E-state index in [-0.39, 0.29) is 12.4 Å². The van der Waals surface area contributed by atoms with E-state index in [1.54, 1.807) is 12.4 Å². The number of carbonyl (C=O) groups excluding carboxylic acids is 1. The van der Waals surface area contributed by atoms with Crippen molar-refractivity contribution in [2.45, 2.75) is 13.5 Å². The Hall–Kier alpha value is -1.99. The fourth-order valence-corrected chi connectivity index (χ4v) is 2.53. The molecule has 0 bridgehead atoms. The number of hydrogen-bond acceptors (Lipinski definition) is 6. The normalized spacial score (nSPS) is 11.8. The number of hydrogen-bond donors (Lipinski definition) is 3. The lowest BCUT2D eigenvalue weighted by Gasteiger charge is -1.96. The first-order valence-electron chi connectivity index (χ1n) is 5.20. The van der Waals surface area contributed by atoms with Gasteiger partial charge < -0.3 is 10.8 Å². The molecule has 0 amide bonds. The molecule has 0 aliphatic carbocycles. The zero-order valence-corrected chi connectivity index (χ0v) is 10.5. The van der Waals surface area contributed by atoms with Crippen molar-refractivity contribution in [3.05, 3.63) is 29.3 Å². The third-order valence-corrected chi connectivity index (χ3v) is 3.49. The molecule has 0 spiro atoms. The number of ketones is 1. The smallest absolute Gasteiger partial charge is 0.164 e. The number of carbonyl (C=O) groups is 1. The van der Waals surface area contributed by atoms with Crippen LogP contribution >= 0.6 is 11.3 Å². The predicted molar refractivity (Wildman–Crippen MR) is 68.5 cm³/mol. The van der Waals surface area contributed by atoms with Crippen molar-refractivity contribution in [2.75, 3.05) is 0 Å². The second-order valence-corrected chi connectivity index (χ2v) is 4.62. The molecular weight excluding hydrogens is 252 g/mol. The Balaban J connectivity index is 2.40. The zero-order chi connectivity index (χ0) is 13.1. The quantitative estimate of drug-likeness (QED) is 0.712. The molecular formula is C11H12N4O2S. The molecule has 0 aliphatic rings. The van der Waals surface area contributed by atoms with Crippen LogP contribution in [0.5, 0.6) is 0 Å². The van der Waals surface area contributed by atoms with E-state index < -0.39 is 0 Å². The highest BCUT2D eigenvalue weighted by atomic mass is 32.1. The Bertz CT molecular complexity index is 600. The van der Waals surface area contributed by atoms with Crippen LogP contribution in [0.2, 0.25) is 0 Å². The summed E-state index contributed by atoms with van der Waals surface area (Å²) < 4.78 is 0.